The summed E-state index contributed by atoms with van der Waals surface area (Å²) in [6.07, 6.45) is 6.38. The Labute approximate surface area is 197 Å². The number of cyclic esters (lactones) is 2. The number of carbonyl (C=O) groups excluding carboxylic acids is 2. The molecule has 4 heteroatoms. The van der Waals surface area contributed by atoms with Gasteiger partial charge in [-0.15, -0.1) is 6.58 Å². The van der Waals surface area contributed by atoms with Gasteiger partial charge in [-0.25, -0.2) is 0 Å². The summed E-state index contributed by atoms with van der Waals surface area (Å²) < 4.78 is 11.1. The standard InChI is InChI=1S/C29H34O4/c1-6-19-29(26(30)32-28(4,5)33-27(29)31)20-25(21(2)3)24(23-15-11-8-12-16-23)18-17-22-13-9-7-10-14-22/h6-18,21,24-25H,1,19-20H2,2-5H3/b18-17+/t24-,25-/m0/s1. The lowest BCUT2D eigenvalue weighted by atomic mass is 9.67. The van der Waals surface area contributed by atoms with Crippen LogP contribution >= 0.6 is 0 Å². The average molecular weight is 447 g/mol. The molecule has 4 nitrogen and oxygen atoms in total. The van der Waals surface area contributed by atoms with Crippen molar-refractivity contribution in [1.82, 2.24) is 0 Å². The van der Waals surface area contributed by atoms with Crippen LogP contribution in [-0.2, 0) is 19.1 Å². The molecule has 1 fully saturated rings. The number of hydrogen-bond donors (Lipinski definition) is 0. The van der Waals surface area contributed by atoms with E-state index in [-0.39, 0.29) is 24.2 Å². The predicted octanol–water partition coefficient (Wildman–Crippen LogP) is 6.54. The Bertz CT molecular complexity index is 969. The summed E-state index contributed by atoms with van der Waals surface area (Å²) >= 11 is 0. The molecule has 0 bridgehead atoms. The van der Waals surface area contributed by atoms with E-state index in [9.17, 15) is 9.59 Å². The quantitative estimate of drug-likeness (QED) is 0.249. The van der Waals surface area contributed by atoms with Gasteiger partial charge in [-0.05, 0) is 35.8 Å². The van der Waals surface area contributed by atoms with Crippen LogP contribution in [0.3, 0.4) is 0 Å². The summed E-state index contributed by atoms with van der Waals surface area (Å²) in [5.41, 5.74) is 0.829. The second kappa shape index (κ2) is 10.2. The molecule has 1 heterocycles. The molecule has 2 aromatic carbocycles. The Hall–Kier alpha value is -3.14. The maximum Gasteiger partial charge on any atom is 0.327 e. The monoisotopic (exact) mass is 446 g/mol. The zero-order valence-electron chi connectivity index (χ0n) is 20.0. The molecule has 0 aromatic heterocycles. The minimum Gasteiger partial charge on any atom is -0.422 e. The number of esters is 2. The van der Waals surface area contributed by atoms with Crippen LogP contribution in [0, 0.1) is 17.3 Å². The van der Waals surface area contributed by atoms with Crippen LogP contribution < -0.4 is 0 Å². The third-order valence-electron chi connectivity index (χ3n) is 6.33. The molecule has 0 amide bonds. The molecular formula is C29H34O4. The van der Waals surface area contributed by atoms with Crippen molar-refractivity contribution in [2.75, 3.05) is 0 Å². The van der Waals surface area contributed by atoms with E-state index in [0.29, 0.717) is 6.42 Å². The van der Waals surface area contributed by atoms with Gasteiger partial charge < -0.3 is 9.47 Å². The first kappa shape index (κ1) is 24.5. The maximum absolute atomic E-state index is 13.2. The van der Waals surface area contributed by atoms with Crippen LogP contribution in [0.2, 0.25) is 0 Å². The first-order chi connectivity index (χ1) is 15.7. The number of rotatable bonds is 9. The highest BCUT2D eigenvalue weighted by atomic mass is 16.7. The van der Waals surface area contributed by atoms with Crippen molar-refractivity contribution >= 4 is 18.0 Å². The maximum atomic E-state index is 13.2. The first-order valence-corrected chi connectivity index (χ1v) is 11.5. The number of hydrogen-bond acceptors (Lipinski definition) is 4. The largest absolute Gasteiger partial charge is 0.422 e. The molecule has 0 radical (unpaired) electrons. The molecule has 0 aliphatic carbocycles. The molecule has 0 unspecified atom stereocenters. The van der Waals surface area contributed by atoms with Gasteiger partial charge in [-0.1, -0.05) is 92.7 Å². The molecular weight excluding hydrogens is 412 g/mol. The van der Waals surface area contributed by atoms with Crippen molar-refractivity contribution in [3.63, 3.8) is 0 Å². The van der Waals surface area contributed by atoms with Crippen molar-refractivity contribution in [3.05, 3.63) is 90.5 Å². The summed E-state index contributed by atoms with van der Waals surface area (Å²) in [4.78, 5) is 26.5. The smallest absolute Gasteiger partial charge is 0.327 e. The van der Waals surface area contributed by atoms with Gasteiger partial charge in [-0.3, -0.25) is 9.59 Å². The number of allylic oxidation sites excluding steroid dienone is 2. The van der Waals surface area contributed by atoms with E-state index in [1.807, 2.05) is 36.4 Å². The van der Waals surface area contributed by atoms with Gasteiger partial charge in [-0.2, -0.15) is 0 Å². The Morgan fingerprint density at radius 2 is 1.45 bits per heavy atom. The fraction of sp³-hybridized carbons (Fsp3) is 0.379. The average Bonchev–Trinajstić information content (AvgIpc) is 2.77. The molecule has 3 rings (SSSR count). The molecule has 2 atom stereocenters. The Kier molecular flexibility index (Phi) is 7.57. The second-order valence-electron chi connectivity index (χ2n) is 9.57. The normalized spacial score (nSPS) is 19.1. The van der Waals surface area contributed by atoms with Crippen LogP contribution in [0.15, 0.2) is 79.4 Å². The molecule has 0 spiro atoms. The van der Waals surface area contributed by atoms with E-state index in [0.717, 1.165) is 11.1 Å². The predicted molar refractivity (Wildman–Crippen MR) is 131 cm³/mol. The molecule has 0 N–H and O–H groups in total. The van der Waals surface area contributed by atoms with Crippen LogP contribution in [0.1, 0.15) is 57.6 Å². The number of carbonyl (C=O) groups is 2. The van der Waals surface area contributed by atoms with E-state index < -0.39 is 23.1 Å². The lowest BCUT2D eigenvalue weighted by Gasteiger charge is -2.43. The highest BCUT2D eigenvalue weighted by molar-refractivity contribution is 6.02. The topological polar surface area (TPSA) is 52.6 Å². The number of ether oxygens (including phenoxy) is 2. The van der Waals surface area contributed by atoms with Gasteiger partial charge in [0.1, 0.15) is 0 Å². The Morgan fingerprint density at radius 3 is 1.97 bits per heavy atom. The second-order valence-corrected chi connectivity index (χ2v) is 9.57. The highest BCUT2D eigenvalue weighted by Crippen LogP contribution is 2.46. The van der Waals surface area contributed by atoms with Gasteiger partial charge in [0.25, 0.3) is 5.79 Å². The zero-order chi connectivity index (χ0) is 24.1. The van der Waals surface area contributed by atoms with E-state index in [4.69, 9.17) is 9.47 Å². The molecule has 1 saturated heterocycles. The first-order valence-electron chi connectivity index (χ1n) is 11.5. The Balaban J connectivity index is 2.04. The molecule has 1 aliphatic rings. The molecule has 33 heavy (non-hydrogen) atoms. The Morgan fingerprint density at radius 1 is 0.909 bits per heavy atom. The molecule has 2 aromatic rings. The fourth-order valence-corrected chi connectivity index (χ4v) is 4.54. The van der Waals surface area contributed by atoms with E-state index in [1.165, 1.54) is 0 Å². The molecule has 1 aliphatic heterocycles. The third kappa shape index (κ3) is 5.62. The van der Waals surface area contributed by atoms with E-state index in [2.05, 4.69) is 56.8 Å². The molecule has 174 valence electrons. The minimum atomic E-state index is -1.40. The lowest BCUT2D eigenvalue weighted by Crippen LogP contribution is -2.54. The summed E-state index contributed by atoms with van der Waals surface area (Å²) in [6.45, 7) is 11.2. The summed E-state index contributed by atoms with van der Waals surface area (Å²) in [5, 5.41) is 0. The minimum absolute atomic E-state index is 0.0105. The van der Waals surface area contributed by atoms with Crippen LogP contribution in [0.25, 0.3) is 6.08 Å². The summed E-state index contributed by atoms with van der Waals surface area (Å²) in [6, 6.07) is 20.3. The van der Waals surface area contributed by atoms with Gasteiger partial charge in [0.15, 0.2) is 5.41 Å². The van der Waals surface area contributed by atoms with Crippen molar-refractivity contribution < 1.29 is 19.1 Å². The lowest BCUT2D eigenvalue weighted by molar-refractivity contribution is -0.252. The van der Waals surface area contributed by atoms with Crippen molar-refractivity contribution in [2.24, 2.45) is 17.3 Å². The SMILES string of the molecule is C=CCC1(C[C@@H](C(C)C)[C@@H](/C=C/c2ccccc2)c2ccccc2)C(=O)OC(C)(C)OC1=O. The summed E-state index contributed by atoms with van der Waals surface area (Å²) in [5.74, 6) is -2.18. The highest BCUT2D eigenvalue weighted by Gasteiger charge is 2.56. The summed E-state index contributed by atoms with van der Waals surface area (Å²) in [7, 11) is 0. The fourth-order valence-electron chi connectivity index (χ4n) is 4.54. The van der Waals surface area contributed by atoms with Crippen molar-refractivity contribution in [1.29, 1.82) is 0 Å². The third-order valence-corrected chi connectivity index (χ3v) is 6.33. The number of benzene rings is 2. The van der Waals surface area contributed by atoms with Gasteiger partial charge in [0.05, 0.1) is 0 Å². The van der Waals surface area contributed by atoms with Crippen LogP contribution in [0.4, 0.5) is 0 Å². The zero-order valence-corrected chi connectivity index (χ0v) is 20.0. The van der Waals surface area contributed by atoms with Crippen LogP contribution in [0.5, 0.6) is 0 Å². The van der Waals surface area contributed by atoms with Gasteiger partial charge in [0, 0.05) is 19.8 Å². The van der Waals surface area contributed by atoms with Crippen molar-refractivity contribution in [3.8, 4) is 0 Å². The van der Waals surface area contributed by atoms with E-state index in [1.54, 1.807) is 19.9 Å². The van der Waals surface area contributed by atoms with Crippen LogP contribution in [-0.4, -0.2) is 17.7 Å². The van der Waals surface area contributed by atoms with Gasteiger partial charge >= 0.3 is 11.9 Å². The van der Waals surface area contributed by atoms with Gasteiger partial charge in [0.2, 0.25) is 0 Å². The van der Waals surface area contributed by atoms with Crippen molar-refractivity contribution in [2.45, 2.75) is 52.2 Å². The van der Waals surface area contributed by atoms with E-state index >= 15 is 0 Å². The molecule has 0 saturated carbocycles.